The van der Waals surface area contributed by atoms with Crippen LogP contribution in [0.5, 0.6) is 5.75 Å². The third-order valence-electron chi connectivity index (χ3n) is 3.35. The summed E-state index contributed by atoms with van der Waals surface area (Å²) in [7, 11) is 0. The van der Waals surface area contributed by atoms with E-state index in [0.29, 0.717) is 12.1 Å². The van der Waals surface area contributed by atoms with Gasteiger partial charge in [-0.1, -0.05) is 25.5 Å². The number of hydrogen-bond donors (Lipinski definition) is 2. The van der Waals surface area contributed by atoms with Crippen molar-refractivity contribution in [3.63, 3.8) is 0 Å². The lowest BCUT2D eigenvalue weighted by Crippen LogP contribution is -2.47. The fourth-order valence-electron chi connectivity index (χ4n) is 2.03. The molecule has 0 aliphatic carbocycles. The van der Waals surface area contributed by atoms with Crippen molar-refractivity contribution >= 4 is 6.03 Å². The first-order chi connectivity index (χ1) is 10.1. The van der Waals surface area contributed by atoms with Crippen LogP contribution in [0.25, 0.3) is 0 Å². The second-order valence-electron chi connectivity index (χ2n) is 5.20. The Morgan fingerprint density at radius 2 is 2.05 bits per heavy atom. The fourth-order valence-corrected chi connectivity index (χ4v) is 2.03. The smallest absolute Gasteiger partial charge is 0.323 e. The van der Waals surface area contributed by atoms with E-state index in [9.17, 15) is 9.90 Å². The highest BCUT2D eigenvalue weighted by Crippen LogP contribution is 2.17. The van der Waals surface area contributed by atoms with E-state index < -0.39 is 6.23 Å². The van der Waals surface area contributed by atoms with E-state index in [1.54, 1.807) is 18.0 Å². The molecule has 0 bridgehead atoms. The summed E-state index contributed by atoms with van der Waals surface area (Å²) in [6.45, 7) is 5.10. The van der Waals surface area contributed by atoms with Crippen LogP contribution >= 0.6 is 0 Å². The normalized spacial score (nSPS) is 18.2. The number of carbonyl (C=O) groups is 1. The van der Waals surface area contributed by atoms with Crippen LogP contribution in [0.1, 0.15) is 32.3 Å². The van der Waals surface area contributed by atoms with Gasteiger partial charge in [0.05, 0.1) is 13.2 Å². The molecule has 2 rings (SSSR count). The summed E-state index contributed by atoms with van der Waals surface area (Å²) in [5.74, 6) is 0.845. The summed E-state index contributed by atoms with van der Waals surface area (Å²) in [6, 6.07) is 7.43. The van der Waals surface area contributed by atoms with E-state index >= 15 is 0 Å². The van der Waals surface area contributed by atoms with Gasteiger partial charge in [-0.15, -0.1) is 0 Å². The lowest BCUT2D eigenvalue weighted by molar-refractivity contribution is 0.142. The monoisotopic (exact) mass is 290 g/mol. The molecule has 0 aromatic heterocycles. The Kier molecular flexibility index (Phi) is 5.22. The van der Waals surface area contributed by atoms with Gasteiger partial charge in [0.15, 0.2) is 6.23 Å². The second kappa shape index (κ2) is 7.13. The highest BCUT2D eigenvalue weighted by molar-refractivity contribution is 5.77. The summed E-state index contributed by atoms with van der Waals surface area (Å²) >= 11 is 0. The highest BCUT2D eigenvalue weighted by Gasteiger charge is 2.22. The summed E-state index contributed by atoms with van der Waals surface area (Å²) in [5.41, 5.74) is 1.72. The molecule has 1 heterocycles. The van der Waals surface area contributed by atoms with Gasteiger partial charge in [0.1, 0.15) is 5.75 Å². The van der Waals surface area contributed by atoms with Crippen LogP contribution in [0, 0.1) is 0 Å². The number of aliphatic hydroxyl groups excluding tert-OH is 1. The molecule has 0 saturated carbocycles. The van der Waals surface area contributed by atoms with Crippen molar-refractivity contribution in [2.45, 2.75) is 39.5 Å². The van der Waals surface area contributed by atoms with Gasteiger partial charge in [-0.3, -0.25) is 4.90 Å². The van der Waals surface area contributed by atoms with Crippen molar-refractivity contribution < 1.29 is 14.6 Å². The van der Waals surface area contributed by atoms with Crippen molar-refractivity contribution in [2.24, 2.45) is 0 Å². The molecule has 1 unspecified atom stereocenters. The molecule has 1 aliphatic rings. The standard InChI is InChI=1S/C16H22N2O3/c1-3-4-9-21-14-7-5-13(6-8-14)11-18-10-12(2)15(19)17-16(18)20/h5-8,10,15,19H,3-4,9,11H2,1-2H3,(H,17,20). The summed E-state index contributed by atoms with van der Waals surface area (Å²) < 4.78 is 5.61. The number of ether oxygens (including phenoxy) is 1. The Morgan fingerprint density at radius 1 is 1.33 bits per heavy atom. The molecule has 2 N–H and O–H groups in total. The number of nitrogens with zero attached hydrogens (tertiary/aromatic N) is 1. The third-order valence-corrected chi connectivity index (χ3v) is 3.35. The zero-order valence-corrected chi connectivity index (χ0v) is 12.5. The molecule has 5 nitrogen and oxygen atoms in total. The number of aliphatic hydroxyl groups is 1. The van der Waals surface area contributed by atoms with Crippen molar-refractivity contribution in [1.82, 2.24) is 10.2 Å². The number of benzene rings is 1. The molecule has 5 heteroatoms. The Labute approximate surface area is 125 Å². The van der Waals surface area contributed by atoms with Crippen molar-refractivity contribution in [3.8, 4) is 5.75 Å². The minimum atomic E-state index is -0.886. The minimum absolute atomic E-state index is 0.295. The average Bonchev–Trinajstić information content (AvgIpc) is 2.47. The Morgan fingerprint density at radius 3 is 2.71 bits per heavy atom. The Bertz CT molecular complexity index is 511. The number of carbonyl (C=O) groups excluding carboxylic acids is 1. The van der Waals surface area contributed by atoms with E-state index in [-0.39, 0.29) is 6.03 Å². The first-order valence-electron chi connectivity index (χ1n) is 7.25. The summed E-state index contributed by atoms with van der Waals surface area (Å²) in [5, 5.41) is 12.0. The summed E-state index contributed by atoms with van der Waals surface area (Å²) in [4.78, 5) is 13.3. The van der Waals surface area contributed by atoms with Crippen LogP contribution in [-0.4, -0.2) is 28.9 Å². The van der Waals surface area contributed by atoms with Gasteiger partial charge in [-0.2, -0.15) is 0 Å². The highest BCUT2D eigenvalue weighted by atomic mass is 16.5. The fraction of sp³-hybridized carbons (Fsp3) is 0.438. The van der Waals surface area contributed by atoms with Crippen molar-refractivity contribution in [2.75, 3.05) is 6.61 Å². The average molecular weight is 290 g/mol. The van der Waals surface area contributed by atoms with E-state index in [0.717, 1.165) is 30.8 Å². The van der Waals surface area contributed by atoms with E-state index in [1.807, 2.05) is 24.3 Å². The second-order valence-corrected chi connectivity index (χ2v) is 5.20. The molecule has 1 aliphatic heterocycles. The number of amides is 2. The van der Waals surface area contributed by atoms with Crippen LogP contribution in [0.15, 0.2) is 36.0 Å². The predicted octanol–water partition coefficient (Wildman–Crippen LogP) is 2.61. The van der Waals surface area contributed by atoms with Crippen LogP contribution in [0.3, 0.4) is 0 Å². The van der Waals surface area contributed by atoms with E-state index in [4.69, 9.17) is 4.74 Å². The first kappa shape index (κ1) is 15.4. The van der Waals surface area contributed by atoms with Gasteiger partial charge in [-0.05, 0) is 36.6 Å². The van der Waals surface area contributed by atoms with Gasteiger partial charge in [0.2, 0.25) is 0 Å². The van der Waals surface area contributed by atoms with Gasteiger partial charge in [0, 0.05) is 6.20 Å². The van der Waals surface area contributed by atoms with Gasteiger partial charge in [-0.25, -0.2) is 4.79 Å². The van der Waals surface area contributed by atoms with Gasteiger partial charge in [0.25, 0.3) is 0 Å². The first-order valence-corrected chi connectivity index (χ1v) is 7.25. The number of unbranched alkanes of at least 4 members (excludes halogenated alkanes) is 1. The van der Waals surface area contributed by atoms with Crippen LogP contribution in [-0.2, 0) is 6.54 Å². The Balaban J connectivity index is 1.95. The molecule has 2 amide bonds. The third kappa shape index (κ3) is 4.23. The maximum Gasteiger partial charge on any atom is 0.323 e. The SMILES string of the molecule is CCCCOc1ccc(CN2C=C(C)C(O)NC2=O)cc1. The van der Waals surface area contributed by atoms with E-state index in [1.165, 1.54) is 0 Å². The number of nitrogens with one attached hydrogen (secondary N) is 1. The van der Waals surface area contributed by atoms with E-state index in [2.05, 4.69) is 12.2 Å². The molecule has 0 spiro atoms. The molecule has 0 saturated heterocycles. The van der Waals surface area contributed by atoms with Gasteiger partial charge >= 0.3 is 6.03 Å². The quantitative estimate of drug-likeness (QED) is 0.792. The molecule has 1 atom stereocenters. The minimum Gasteiger partial charge on any atom is -0.494 e. The maximum absolute atomic E-state index is 11.8. The molecule has 114 valence electrons. The molecule has 0 radical (unpaired) electrons. The molecule has 1 aromatic rings. The number of urea groups is 1. The molecule has 21 heavy (non-hydrogen) atoms. The summed E-state index contributed by atoms with van der Waals surface area (Å²) in [6.07, 6.45) is 2.94. The predicted molar refractivity (Wildman–Crippen MR) is 80.7 cm³/mol. The number of hydrogen-bond acceptors (Lipinski definition) is 3. The van der Waals surface area contributed by atoms with Crippen LogP contribution < -0.4 is 10.1 Å². The Hall–Kier alpha value is -2.01. The molecule has 0 fully saturated rings. The topological polar surface area (TPSA) is 61.8 Å². The van der Waals surface area contributed by atoms with Gasteiger partial charge < -0.3 is 15.2 Å². The maximum atomic E-state index is 11.8. The zero-order valence-electron chi connectivity index (χ0n) is 12.5. The van der Waals surface area contributed by atoms with Crippen molar-refractivity contribution in [3.05, 3.63) is 41.6 Å². The lowest BCUT2D eigenvalue weighted by Gasteiger charge is -2.28. The largest absolute Gasteiger partial charge is 0.494 e. The van der Waals surface area contributed by atoms with Crippen LogP contribution in [0.4, 0.5) is 4.79 Å². The van der Waals surface area contributed by atoms with Crippen molar-refractivity contribution in [1.29, 1.82) is 0 Å². The molecular weight excluding hydrogens is 268 g/mol. The molecule has 1 aromatic carbocycles. The van der Waals surface area contributed by atoms with Crippen LogP contribution in [0.2, 0.25) is 0 Å². The molecular formula is C16H22N2O3. The lowest BCUT2D eigenvalue weighted by atomic mass is 10.2. The zero-order chi connectivity index (χ0) is 15.2. The number of rotatable bonds is 6.